The van der Waals surface area contributed by atoms with Gasteiger partial charge < -0.3 is 15.1 Å². The van der Waals surface area contributed by atoms with Crippen LogP contribution in [0.25, 0.3) is 0 Å². The number of carbonyl (C=O) groups excluding carboxylic acids is 1. The number of carbonyl (C=O) groups is 1. The first-order chi connectivity index (χ1) is 15.0. The van der Waals surface area contributed by atoms with Crippen molar-refractivity contribution in [1.82, 2.24) is 14.3 Å². The number of non-ortho nitro benzene ring substituents is 1. The van der Waals surface area contributed by atoms with Crippen LogP contribution in [0.3, 0.4) is 0 Å². The molecular formula is C20H19FN6O3S. The Hall–Kier alpha value is -3.60. The van der Waals surface area contributed by atoms with Gasteiger partial charge in [-0.2, -0.15) is 4.37 Å². The molecule has 0 saturated carbocycles. The normalized spacial score (nSPS) is 13.8. The lowest BCUT2D eigenvalue weighted by Crippen LogP contribution is -2.50. The van der Waals surface area contributed by atoms with Gasteiger partial charge in [0.2, 0.25) is 5.13 Å². The average Bonchev–Trinajstić information content (AvgIpc) is 3.24. The SMILES string of the molecule is O=C(Nc1ccc([N+](=O)[O-])cc1)N1CCN(c2nc(Cc3ccc(F)cc3)ns2)CC1. The Bertz CT molecular complexity index is 1070. The van der Waals surface area contributed by atoms with Crippen LogP contribution < -0.4 is 10.2 Å². The summed E-state index contributed by atoms with van der Waals surface area (Å²) in [7, 11) is 0. The molecule has 11 heteroatoms. The molecule has 1 aliphatic heterocycles. The fourth-order valence-electron chi connectivity index (χ4n) is 3.20. The van der Waals surface area contributed by atoms with Crippen molar-refractivity contribution in [3.8, 4) is 0 Å². The molecule has 3 aromatic rings. The summed E-state index contributed by atoms with van der Waals surface area (Å²) >= 11 is 1.31. The molecule has 0 aliphatic carbocycles. The third-order valence-electron chi connectivity index (χ3n) is 4.90. The predicted molar refractivity (Wildman–Crippen MR) is 115 cm³/mol. The van der Waals surface area contributed by atoms with Gasteiger partial charge in [0, 0.05) is 62.0 Å². The van der Waals surface area contributed by atoms with E-state index in [0.29, 0.717) is 44.1 Å². The zero-order valence-electron chi connectivity index (χ0n) is 16.4. The van der Waals surface area contributed by atoms with Gasteiger partial charge >= 0.3 is 6.03 Å². The Morgan fingerprint density at radius 1 is 1.10 bits per heavy atom. The van der Waals surface area contributed by atoms with Crippen LogP contribution in [0.4, 0.5) is 25.7 Å². The molecule has 0 radical (unpaired) electrons. The standard InChI is InChI=1S/C20H19FN6O3S/c21-15-3-1-14(2-4-15)13-18-23-20(31-24-18)26-11-9-25(10-12-26)19(28)22-16-5-7-17(8-6-16)27(29)30/h1-8H,9-13H2,(H,22,28). The molecule has 1 aliphatic rings. The minimum absolute atomic E-state index is 0.0255. The van der Waals surface area contributed by atoms with Crippen molar-refractivity contribution in [2.24, 2.45) is 0 Å². The third-order valence-corrected chi connectivity index (χ3v) is 5.71. The second kappa shape index (κ2) is 9.04. The molecule has 0 spiro atoms. The maximum Gasteiger partial charge on any atom is 0.321 e. The highest BCUT2D eigenvalue weighted by molar-refractivity contribution is 7.09. The quantitative estimate of drug-likeness (QED) is 0.479. The van der Waals surface area contributed by atoms with E-state index in [1.807, 2.05) is 0 Å². The van der Waals surface area contributed by atoms with Crippen LogP contribution in [-0.2, 0) is 6.42 Å². The number of rotatable bonds is 5. The molecule has 1 saturated heterocycles. The first-order valence-electron chi connectivity index (χ1n) is 9.60. The number of nitrogens with zero attached hydrogens (tertiary/aromatic N) is 5. The van der Waals surface area contributed by atoms with Crippen LogP contribution in [-0.4, -0.2) is 51.4 Å². The Morgan fingerprint density at radius 2 is 1.77 bits per heavy atom. The molecule has 0 atom stereocenters. The molecule has 2 aromatic carbocycles. The largest absolute Gasteiger partial charge is 0.343 e. The second-order valence-corrected chi connectivity index (χ2v) is 7.73. The van der Waals surface area contributed by atoms with E-state index in [4.69, 9.17) is 0 Å². The summed E-state index contributed by atoms with van der Waals surface area (Å²) in [6.07, 6.45) is 0.536. The average molecular weight is 442 g/mol. The van der Waals surface area contributed by atoms with E-state index in [0.717, 1.165) is 10.7 Å². The predicted octanol–water partition coefficient (Wildman–Crippen LogP) is 3.53. The lowest BCUT2D eigenvalue weighted by atomic mass is 10.1. The van der Waals surface area contributed by atoms with E-state index in [1.165, 1.54) is 47.9 Å². The van der Waals surface area contributed by atoms with Crippen molar-refractivity contribution < 1.29 is 14.1 Å². The number of amides is 2. The van der Waals surface area contributed by atoms with Crippen molar-refractivity contribution in [3.63, 3.8) is 0 Å². The Morgan fingerprint density at radius 3 is 2.42 bits per heavy atom. The zero-order chi connectivity index (χ0) is 21.8. The topological polar surface area (TPSA) is 104 Å². The molecular weight excluding hydrogens is 423 g/mol. The molecule has 9 nitrogen and oxygen atoms in total. The number of hydrogen-bond donors (Lipinski definition) is 1. The van der Waals surface area contributed by atoms with Gasteiger partial charge in [-0.1, -0.05) is 12.1 Å². The third kappa shape index (κ3) is 5.12. The van der Waals surface area contributed by atoms with Gasteiger partial charge in [-0.25, -0.2) is 14.2 Å². The van der Waals surface area contributed by atoms with Crippen molar-refractivity contribution in [2.45, 2.75) is 6.42 Å². The summed E-state index contributed by atoms with van der Waals surface area (Å²) in [6, 6.07) is 11.8. The molecule has 2 heterocycles. The molecule has 2 amide bonds. The van der Waals surface area contributed by atoms with E-state index in [9.17, 15) is 19.3 Å². The van der Waals surface area contributed by atoms with Crippen LogP contribution in [0, 0.1) is 15.9 Å². The summed E-state index contributed by atoms with van der Waals surface area (Å²) in [4.78, 5) is 31.1. The summed E-state index contributed by atoms with van der Waals surface area (Å²) < 4.78 is 17.4. The van der Waals surface area contributed by atoms with Crippen molar-refractivity contribution in [3.05, 3.63) is 75.9 Å². The number of aromatic nitrogens is 2. The van der Waals surface area contributed by atoms with Gasteiger partial charge in [0.25, 0.3) is 5.69 Å². The summed E-state index contributed by atoms with van der Waals surface area (Å²) in [5.41, 5.74) is 1.42. The fraction of sp³-hybridized carbons (Fsp3) is 0.250. The number of anilines is 2. The fourth-order valence-corrected chi connectivity index (χ4v) is 3.94. The highest BCUT2D eigenvalue weighted by Gasteiger charge is 2.23. The lowest BCUT2D eigenvalue weighted by Gasteiger charge is -2.34. The Labute approximate surface area is 181 Å². The van der Waals surface area contributed by atoms with Crippen molar-refractivity contribution in [2.75, 3.05) is 36.4 Å². The summed E-state index contributed by atoms with van der Waals surface area (Å²) in [6.45, 7) is 2.29. The Balaban J connectivity index is 1.29. The highest BCUT2D eigenvalue weighted by Crippen LogP contribution is 2.21. The van der Waals surface area contributed by atoms with Crippen LogP contribution >= 0.6 is 11.5 Å². The van der Waals surface area contributed by atoms with Gasteiger partial charge in [-0.15, -0.1) is 0 Å². The van der Waals surface area contributed by atoms with Crippen LogP contribution in [0.2, 0.25) is 0 Å². The van der Waals surface area contributed by atoms with Gasteiger partial charge in [-0.3, -0.25) is 10.1 Å². The van der Waals surface area contributed by atoms with Crippen LogP contribution in [0.15, 0.2) is 48.5 Å². The zero-order valence-corrected chi connectivity index (χ0v) is 17.2. The molecule has 160 valence electrons. The first kappa shape index (κ1) is 20.7. The molecule has 1 N–H and O–H groups in total. The minimum Gasteiger partial charge on any atom is -0.343 e. The van der Waals surface area contributed by atoms with E-state index >= 15 is 0 Å². The number of benzene rings is 2. The van der Waals surface area contributed by atoms with Gasteiger partial charge in [0.05, 0.1) is 4.92 Å². The maximum atomic E-state index is 13.0. The number of hydrogen-bond acceptors (Lipinski definition) is 7. The summed E-state index contributed by atoms with van der Waals surface area (Å²) in [5, 5.41) is 14.3. The minimum atomic E-state index is -0.483. The molecule has 1 fully saturated rings. The van der Waals surface area contributed by atoms with Gasteiger partial charge in [-0.05, 0) is 29.8 Å². The van der Waals surface area contributed by atoms with E-state index in [1.54, 1.807) is 17.0 Å². The Kier molecular flexibility index (Phi) is 6.03. The lowest BCUT2D eigenvalue weighted by molar-refractivity contribution is -0.384. The molecule has 31 heavy (non-hydrogen) atoms. The van der Waals surface area contributed by atoms with Crippen molar-refractivity contribution in [1.29, 1.82) is 0 Å². The summed E-state index contributed by atoms with van der Waals surface area (Å²) in [5.74, 6) is 0.413. The van der Waals surface area contributed by atoms with Crippen LogP contribution in [0.5, 0.6) is 0 Å². The smallest absolute Gasteiger partial charge is 0.321 e. The first-order valence-corrected chi connectivity index (χ1v) is 10.4. The molecule has 4 rings (SSSR count). The molecule has 1 aromatic heterocycles. The molecule has 0 bridgehead atoms. The van der Waals surface area contributed by atoms with Crippen molar-refractivity contribution >= 4 is 34.1 Å². The number of nitrogens with one attached hydrogen (secondary N) is 1. The maximum absolute atomic E-state index is 13.0. The van der Waals surface area contributed by atoms with Gasteiger partial charge in [0.1, 0.15) is 11.6 Å². The number of nitro groups is 1. The van der Waals surface area contributed by atoms with E-state index < -0.39 is 4.92 Å². The second-order valence-electron chi connectivity index (χ2n) is 7.00. The number of piperazine rings is 1. The van der Waals surface area contributed by atoms with E-state index in [2.05, 4.69) is 19.6 Å². The number of urea groups is 1. The monoisotopic (exact) mass is 442 g/mol. The molecule has 0 unspecified atom stereocenters. The van der Waals surface area contributed by atoms with Gasteiger partial charge in [0.15, 0.2) is 0 Å². The number of halogens is 1. The highest BCUT2D eigenvalue weighted by atomic mass is 32.1. The van der Waals surface area contributed by atoms with Crippen LogP contribution in [0.1, 0.15) is 11.4 Å². The number of nitro benzene ring substituents is 1. The van der Waals surface area contributed by atoms with E-state index in [-0.39, 0.29) is 17.5 Å².